The smallest absolute Gasteiger partial charge is 0.274 e. The lowest BCUT2D eigenvalue weighted by molar-refractivity contribution is 0.0706. The van der Waals surface area contributed by atoms with E-state index in [4.69, 9.17) is 5.21 Å². The largest absolute Gasteiger partial charge is 0.288 e. The molecule has 0 saturated carbocycles. The number of aromatic nitrogens is 1. The summed E-state index contributed by atoms with van der Waals surface area (Å²) in [7, 11) is -2.35. The molecule has 0 aliphatic rings. The second kappa shape index (κ2) is 8.17. The van der Waals surface area contributed by atoms with Crippen molar-refractivity contribution in [2.45, 2.75) is 16.8 Å². The molecule has 2 aromatic carbocycles. The first-order valence-electron chi connectivity index (χ1n) is 8.44. The molecule has 1 aromatic heterocycles. The minimum absolute atomic E-state index is 0.150. The summed E-state index contributed by atoms with van der Waals surface area (Å²) in [5.74, 6) is 0.244. The zero-order chi connectivity index (χ0) is 20.3. The second-order valence-electron chi connectivity index (χ2n) is 5.90. The van der Waals surface area contributed by atoms with Gasteiger partial charge in [0.05, 0.1) is 21.1 Å². The zero-order valence-corrected chi connectivity index (χ0v) is 16.9. The van der Waals surface area contributed by atoms with Crippen molar-refractivity contribution in [2.24, 2.45) is 0 Å². The monoisotopic (exact) mass is 417 g/mol. The van der Waals surface area contributed by atoms with Gasteiger partial charge in [-0.15, -0.1) is 11.8 Å². The fourth-order valence-electron chi connectivity index (χ4n) is 2.66. The number of amides is 1. The Labute approximate surface area is 167 Å². The number of rotatable bonds is 6. The van der Waals surface area contributed by atoms with Gasteiger partial charge in [0.2, 0.25) is 0 Å². The third kappa shape index (κ3) is 3.96. The molecule has 0 unspecified atom stereocenters. The van der Waals surface area contributed by atoms with Crippen molar-refractivity contribution in [3.8, 4) is 0 Å². The van der Waals surface area contributed by atoms with Crippen molar-refractivity contribution >= 4 is 44.3 Å². The summed E-state index contributed by atoms with van der Waals surface area (Å²) in [6, 6.07) is 14.4. The van der Waals surface area contributed by atoms with Gasteiger partial charge in [-0.3, -0.25) is 14.3 Å². The molecule has 1 amide bonds. The van der Waals surface area contributed by atoms with Gasteiger partial charge in [0.15, 0.2) is 0 Å². The van der Waals surface area contributed by atoms with Crippen LogP contribution in [0.4, 0.5) is 5.69 Å². The van der Waals surface area contributed by atoms with E-state index >= 15 is 0 Å². The highest BCUT2D eigenvalue weighted by Gasteiger charge is 2.22. The van der Waals surface area contributed by atoms with Crippen LogP contribution in [0.1, 0.15) is 17.3 Å². The molecule has 0 atom stereocenters. The molecule has 0 bridgehead atoms. The first-order chi connectivity index (χ1) is 13.4. The second-order valence-corrected chi connectivity index (χ2v) is 9.15. The lowest BCUT2D eigenvalue weighted by Crippen LogP contribution is -2.26. The Morgan fingerprint density at radius 3 is 2.50 bits per heavy atom. The summed E-state index contributed by atoms with van der Waals surface area (Å²) in [6.45, 7) is 2.05. The van der Waals surface area contributed by atoms with Crippen LogP contribution in [0.15, 0.2) is 64.5 Å². The van der Waals surface area contributed by atoms with Crippen LogP contribution in [0.2, 0.25) is 0 Å². The fourth-order valence-corrected chi connectivity index (χ4v) is 4.51. The Kier molecular flexibility index (Phi) is 5.87. The maximum absolute atomic E-state index is 13.0. The summed E-state index contributed by atoms with van der Waals surface area (Å²) >= 11 is 1.63. The number of anilines is 1. The molecule has 0 radical (unpaired) electrons. The standard InChI is InChI=1S/C19H19N3O4S2/c1-3-27-18-11-6-14-12-16(9-10-17(14)20-18)28(25,26)22(2)15-7-4-13(5-8-15)19(23)21-24/h4-12,24H,3H2,1-2H3,(H,21,23). The number of nitrogens with zero attached hydrogens (tertiary/aromatic N) is 2. The van der Waals surface area contributed by atoms with Crippen molar-refractivity contribution in [3.05, 3.63) is 60.2 Å². The van der Waals surface area contributed by atoms with E-state index in [0.29, 0.717) is 5.69 Å². The molecule has 28 heavy (non-hydrogen) atoms. The molecule has 1 heterocycles. The maximum Gasteiger partial charge on any atom is 0.274 e. The molecule has 0 saturated heterocycles. The van der Waals surface area contributed by atoms with E-state index in [0.717, 1.165) is 26.0 Å². The predicted molar refractivity (Wildman–Crippen MR) is 109 cm³/mol. The lowest BCUT2D eigenvalue weighted by Gasteiger charge is -2.20. The average molecular weight is 418 g/mol. The Morgan fingerprint density at radius 2 is 1.86 bits per heavy atom. The molecule has 3 aromatic rings. The van der Waals surface area contributed by atoms with Gasteiger partial charge in [0.1, 0.15) is 0 Å². The number of carbonyl (C=O) groups is 1. The minimum Gasteiger partial charge on any atom is -0.288 e. The van der Waals surface area contributed by atoms with Crippen molar-refractivity contribution in [1.29, 1.82) is 0 Å². The Morgan fingerprint density at radius 1 is 1.14 bits per heavy atom. The van der Waals surface area contributed by atoms with Gasteiger partial charge in [-0.25, -0.2) is 18.9 Å². The highest BCUT2D eigenvalue weighted by molar-refractivity contribution is 7.99. The highest BCUT2D eigenvalue weighted by Crippen LogP contribution is 2.26. The van der Waals surface area contributed by atoms with Crippen LogP contribution in [0.3, 0.4) is 0 Å². The summed E-state index contributed by atoms with van der Waals surface area (Å²) in [5, 5.41) is 10.3. The quantitative estimate of drug-likeness (QED) is 0.363. The summed E-state index contributed by atoms with van der Waals surface area (Å²) in [5.41, 5.74) is 2.88. The van der Waals surface area contributed by atoms with Gasteiger partial charge >= 0.3 is 0 Å². The molecular weight excluding hydrogens is 398 g/mol. The Bertz CT molecular complexity index is 1120. The van der Waals surface area contributed by atoms with E-state index in [1.165, 1.54) is 42.9 Å². The SMILES string of the molecule is CCSc1ccc2cc(S(=O)(=O)N(C)c3ccc(C(=O)NO)cc3)ccc2n1. The van der Waals surface area contributed by atoms with Gasteiger partial charge in [-0.1, -0.05) is 13.0 Å². The number of hydrogen-bond acceptors (Lipinski definition) is 6. The Balaban J connectivity index is 1.92. The number of benzene rings is 2. The normalized spacial score (nSPS) is 11.4. The zero-order valence-electron chi connectivity index (χ0n) is 15.3. The van der Waals surface area contributed by atoms with Gasteiger partial charge in [0, 0.05) is 18.0 Å². The van der Waals surface area contributed by atoms with E-state index < -0.39 is 15.9 Å². The molecule has 0 spiro atoms. The molecule has 0 aliphatic heterocycles. The number of thioether (sulfide) groups is 1. The molecule has 0 aliphatic carbocycles. The first kappa shape index (κ1) is 20.1. The molecule has 3 rings (SSSR count). The number of fused-ring (bicyclic) bond motifs is 1. The third-order valence-corrected chi connectivity index (χ3v) is 6.77. The molecule has 9 heteroatoms. The van der Waals surface area contributed by atoms with Crippen molar-refractivity contribution in [1.82, 2.24) is 10.5 Å². The van der Waals surface area contributed by atoms with Crippen LogP contribution in [-0.4, -0.2) is 37.3 Å². The summed E-state index contributed by atoms with van der Waals surface area (Å²) in [4.78, 5) is 16.1. The van der Waals surface area contributed by atoms with Crippen LogP contribution >= 0.6 is 11.8 Å². The number of hydroxylamine groups is 1. The minimum atomic E-state index is -3.79. The Hall–Kier alpha value is -2.62. The number of nitrogens with one attached hydrogen (secondary N) is 1. The fraction of sp³-hybridized carbons (Fsp3) is 0.158. The van der Waals surface area contributed by atoms with E-state index in [9.17, 15) is 13.2 Å². The molecule has 146 valence electrons. The molecule has 0 fully saturated rings. The van der Waals surface area contributed by atoms with Crippen LogP contribution in [0.25, 0.3) is 10.9 Å². The number of carbonyl (C=O) groups excluding carboxylic acids is 1. The van der Waals surface area contributed by atoms with Crippen LogP contribution in [0, 0.1) is 0 Å². The predicted octanol–water partition coefficient (Wildman–Crippen LogP) is 3.29. The summed E-state index contributed by atoms with van der Waals surface area (Å²) < 4.78 is 27.1. The van der Waals surface area contributed by atoms with Crippen LogP contribution in [-0.2, 0) is 10.0 Å². The van der Waals surface area contributed by atoms with Gasteiger partial charge in [-0.2, -0.15) is 0 Å². The van der Waals surface area contributed by atoms with E-state index in [-0.39, 0.29) is 10.5 Å². The lowest BCUT2D eigenvalue weighted by atomic mass is 10.2. The first-order valence-corrected chi connectivity index (χ1v) is 10.9. The van der Waals surface area contributed by atoms with Crippen molar-refractivity contribution < 1.29 is 18.4 Å². The maximum atomic E-state index is 13.0. The molecule has 2 N–H and O–H groups in total. The van der Waals surface area contributed by atoms with Gasteiger partial charge in [0.25, 0.3) is 15.9 Å². The van der Waals surface area contributed by atoms with Crippen LogP contribution in [0.5, 0.6) is 0 Å². The molecular formula is C19H19N3O4S2. The van der Waals surface area contributed by atoms with Gasteiger partial charge in [-0.05, 0) is 54.3 Å². The molecule has 7 nitrogen and oxygen atoms in total. The van der Waals surface area contributed by atoms with Gasteiger partial charge < -0.3 is 0 Å². The van der Waals surface area contributed by atoms with E-state index in [1.807, 2.05) is 19.1 Å². The average Bonchev–Trinajstić information content (AvgIpc) is 2.72. The topological polar surface area (TPSA) is 99.6 Å². The number of sulfonamides is 1. The van der Waals surface area contributed by atoms with Crippen LogP contribution < -0.4 is 9.79 Å². The number of hydrogen-bond donors (Lipinski definition) is 2. The van der Waals surface area contributed by atoms with Crippen molar-refractivity contribution in [3.63, 3.8) is 0 Å². The van der Waals surface area contributed by atoms with Crippen molar-refractivity contribution in [2.75, 3.05) is 17.1 Å². The van der Waals surface area contributed by atoms with E-state index in [1.54, 1.807) is 23.9 Å². The summed E-state index contributed by atoms with van der Waals surface area (Å²) in [6.07, 6.45) is 0. The number of pyridine rings is 1. The highest BCUT2D eigenvalue weighted by atomic mass is 32.2. The van der Waals surface area contributed by atoms with E-state index in [2.05, 4.69) is 4.98 Å². The third-order valence-electron chi connectivity index (χ3n) is 4.18.